The summed E-state index contributed by atoms with van der Waals surface area (Å²) in [5.74, 6) is 0.0853. The Hall–Kier alpha value is -2.55. The fourth-order valence-electron chi connectivity index (χ4n) is 2.62. The van der Waals surface area contributed by atoms with E-state index >= 15 is 0 Å². The third-order valence-corrected chi connectivity index (χ3v) is 5.47. The number of pyridine rings is 1. The number of hydrogen-bond donors (Lipinski definition) is 2. The Bertz CT molecular complexity index is 956. The zero-order chi connectivity index (χ0) is 19.1. The van der Waals surface area contributed by atoms with E-state index in [9.17, 15) is 8.42 Å². The summed E-state index contributed by atoms with van der Waals surface area (Å²) in [7, 11) is -3.16. The summed E-state index contributed by atoms with van der Waals surface area (Å²) in [6.07, 6.45) is 5.51. The minimum atomic E-state index is -3.16. The summed E-state index contributed by atoms with van der Waals surface area (Å²) in [5.41, 5.74) is 3.79. The largest absolute Gasteiger partial charge is 0.311 e. The summed E-state index contributed by atoms with van der Waals surface area (Å²) in [6, 6.07) is 13.8. The van der Waals surface area contributed by atoms with E-state index in [1.54, 1.807) is 19.3 Å². The first kappa shape index (κ1) is 19.2. The normalized spacial score (nSPS) is 11.6. The summed E-state index contributed by atoms with van der Waals surface area (Å²) in [6.45, 7) is 3.08. The van der Waals surface area contributed by atoms with E-state index in [0.29, 0.717) is 19.6 Å². The molecule has 0 saturated heterocycles. The molecule has 27 heavy (non-hydrogen) atoms. The fourth-order valence-corrected chi connectivity index (χ4v) is 3.24. The summed E-state index contributed by atoms with van der Waals surface area (Å²) in [5, 5.41) is 8.00. The van der Waals surface area contributed by atoms with Crippen LogP contribution in [0.5, 0.6) is 0 Å². The van der Waals surface area contributed by atoms with Crippen molar-refractivity contribution < 1.29 is 8.42 Å². The monoisotopic (exact) mass is 385 g/mol. The summed E-state index contributed by atoms with van der Waals surface area (Å²) >= 11 is 0. The van der Waals surface area contributed by atoms with Gasteiger partial charge in [-0.15, -0.1) is 0 Å². The number of sulfonamides is 1. The highest BCUT2D eigenvalue weighted by molar-refractivity contribution is 7.89. The Labute approximate surface area is 159 Å². The average molecular weight is 385 g/mol. The molecule has 8 heteroatoms. The second-order valence-corrected chi connectivity index (χ2v) is 8.09. The highest BCUT2D eigenvalue weighted by Crippen LogP contribution is 2.22. The Morgan fingerprint density at radius 1 is 1.07 bits per heavy atom. The molecule has 0 saturated carbocycles. The molecule has 0 aliphatic heterocycles. The second kappa shape index (κ2) is 8.90. The van der Waals surface area contributed by atoms with Crippen LogP contribution in [0.4, 0.5) is 0 Å². The van der Waals surface area contributed by atoms with Crippen LogP contribution in [0.15, 0.2) is 61.1 Å². The quantitative estimate of drug-likeness (QED) is 0.550. The molecule has 3 aromatic rings. The predicted molar refractivity (Wildman–Crippen MR) is 106 cm³/mol. The molecule has 0 aliphatic carbocycles. The third-order valence-electron chi connectivity index (χ3n) is 4.06. The molecule has 2 heterocycles. The number of aromatic nitrogens is 3. The Morgan fingerprint density at radius 3 is 2.59 bits per heavy atom. The minimum absolute atomic E-state index is 0.0853. The van der Waals surface area contributed by atoms with E-state index in [-0.39, 0.29) is 5.75 Å². The van der Waals surface area contributed by atoms with Gasteiger partial charge in [0, 0.05) is 49.4 Å². The molecule has 2 N–H and O–H groups in total. The Balaban J connectivity index is 1.74. The smallest absolute Gasteiger partial charge is 0.211 e. The fraction of sp³-hybridized carbons (Fsp3) is 0.263. The predicted octanol–water partition coefficient (Wildman–Crippen LogP) is 1.96. The summed E-state index contributed by atoms with van der Waals surface area (Å²) < 4.78 is 27.3. The molecule has 0 unspecified atom stereocenters. The number of benzene rings is 1. The number of nitrogens with one attached hydrogen (secondary N) is 2. The van der Waals surface area contributed by atoms with Crippen molar-refractivity contribution in [3.63, 3.8) is 0 Å². The molecule has 142 valence electrons. The van der Waals surface area contributed by atoms with Crippen LogP contribution in [0.25, 0.3) is 16.9 Å². The van der Waals surface area contributed by atoms with Crippen molar-refractivity contribution in [3.05, 3.63) is 66.6 Å². The lowest BCUT2D eigenvalue weighted by Gasteiger charge is -2.06. The first-order valence-corrected chi connectivity index (χ1v) is 10.5. The summed E-state index contributed by atoms with van der Waals surface area (Å²) in [4.78, 5) is 4.18. The molecule has 7 nitrogen and oxygen atoms in total. The number of para-hydroxylation sites is 1. The van der Waals surface area contributed by atoms with E-state index in [1.807, 2.05) is 53.3 Å². The molecular formula is C19H23N5O2S. The molecule has 0 spiro atoms. The number of hydrogen-bond acceptors (Lipinski definition) is 5. The van der Waals surface area contributed by atoms with Crippen LogP contribution in [0, 0.1) is 0 Å². The van der Waals surface area contributed by atoms with Gasteiger partial charge in [0.15, 0.2) is 0 Å². The van der Waals surface area contributed by atoms with Gasteiger partial charge in [-0.25, -0.2) is 17.8 Å². The van der Waals surface area contributed by atoms with E-state index in [2.05, 4.69) is 15.0 Å². The maximum Gasteiger partial charge on any atom is 0.211 e. The first-order chi connectivity index (χ1) is 13.1. The van der Waals surface area contributed by atoms with Crippen molar-refractivity contribution in [2.24, 2.45) is 0 Å². The minimum Gasteiger partial charge on any atom is -0.311 e. The van der Waals surface area contributed by atoms with Gasteiger partial charge in [-0.05, 0) is 31.2 Å². The van der Waals surface area contributed by atoms with Crippen LogP contribution in [0.3, 0.4) is 0 Å². The second-order valence-electron chi connectivity index (χ2n) is 6.00. The van der Waals surface area contributed by atoms with E-state index in [4.69, 9.17) is 5.10 Å². The van der Waals surface area contributed by atoms with Crippen LogP contribution in [-0.2, 0) is 16.6 Å². The van der Waals surface area contributed by atoms with Crippen LogP contribution >= 0.6 is 0 Å². The maximum absolute atomic E-state index is 11.5. The lowest BCUT2D eigenvalue weighted by molar-refractivity contribution is 0.577. The average Bonchev–Trinajstić information content (AvgIpc) is 3.13. The molecule has 0 bridgehead atoms. The number of nitrogens with zero attached hydrogens (tertiary/aromatic N) is 3. The van der Waals surface area contributed by atoms with Crippen molar-refractivity contribution in [2.45, 2.75) is 13.5 Å². The van der Waals surface area contributed by atoms with Crippen LogP contribution in [0.2, 0.25) is 0 Å². The number of rotatable bonds is 9. The SMILES string of the molecule is CCS(=O)(=O)NCCNCc1cn(-c2ccccc2)nc1-c1cccnc1. The first-order valence-electron chi connectivity index (χ1n) is 8.81. The molecule has 0 atom stereocenters. The van der Waals surface area contributed by atoms with Crippen molar-refractivity contribution in [3.8, 4) is 16.9 Å². The van der Waals surface area contributed by atoms with Gasteiger partial charge < -0.3 is 5.32 Å². The molecule has 0 radical (unpaired) electrons. The van der Waals surface area contributed by atoms with Gasteiger partial charge >= 0.3 is 0 Å². The van der Waals surface area contributed by atoms with Gasteiger partial charge in [0.25, 0.3) is 0 Å². The van der Waals surface area contributed by atoms with Crippen LogP contribution in [-0.4, -0.2) is 42.0 Å². The molecule has 1 aromatic carbocycles. The van der Waals surface area contributed by atoms with Crippen molar-refractivity contribution in [1.29, 1.82) is 0 Å². The van der Waals surface area contributed by atoms with E-state index in [0.717, 1.165) is 22.5 Å². The maximum atomic E-state index is 11.5. The van der Waals surface area contributed by atoms with Gasteiger partial charge in [-0.3, -0.25) is 4.98 Å². The van der Waals surface area contributed by atoms with Gasteiger partial charge in [-0.2, -0.15) is 5.10 Å². The van der Waals surface area contributed by atoms with Crippen molar-refractivity contribution >= 4 is 10.0 Å². The molecule has 3 rings (SSSR count). The standard InChI is InChI=1S/C19H23N5O2S/c1-2-27(25,26)22-12-11-21-14-17-15-24(18-8-4-3-5-9-18)23-19(17)16-7-6-10-20-13-16/h3-10,13,15,21-22H,2,11-12,14H2,1H3. The zero-order valence-electron chi connectivity index (χ0n) is 15.2. The van der Waals surface area contributed by atoms with E-state index in [1.165, 1.54) is 0 Å². The van der Waals surface area contributed by atoms with Crippen molar-refractivity contribution in [2.75, 3.05) is 18.8 Å². The Morgan fingerprint density at radius 2 is 1.89 bits per heavy atom. The topological polar surface area (TPSA) is 88.9 Å². The Kier molecular flexibility index (Phi) is 6.33. The van der Waals surface area contributed by atoms with Gasteiger partial charge in [0.1, 0.15) is 0 Å². The highest BCUT2D eigenvalue weighted by Gasteiger charge is 2.12. The van der Waals surface area contributed by atoms with Gasteiger partial charge in [-0.1, -0.05) is 18.2 Å². The lowest BCUT2D eigenvalue weighted by Crippen LogP contribution is -2.32. The molecule has 0 aliphatic rings. The zero-order valence-corrected chi connectivity index (χ0v) is 16.0. The van der Waals surface area contributed by atoms with Crippen LogP contribution in [0.1, 0.15) is 12.5 Å². The van der Waals surface area contributed by atoms with Crippen molar-refractivity contribution in [1.82, 2.24) is 24.8 Å². The molecule has 2 aromatic heterocycles. The molecular weight excluding hydrogens is 362 g/mol. The third kappa shape index (κ3) is 5.22. The molecule has 0 fully saturated rings. The lowest BCUT2D eigenvalue weighted by atomic mass is 10.1. The van der Waals surface area contributed by atoms with Crippen LogP contribution < -0.4 is 10.0 Å². The van der Waals surface area contributed by atoms with E-state index < -0.39 is 10.0 Å². The molecule has 0 amide bonds. The van der Waals surface area contributed by atoms with Gasteiger partial charge in [0.05, 0.1) is 17.1 Å². The van der Waals surface area contributed by atoms with Gasteiger partial charge in [0.2, 0.25) is 10.0 Å². The highest BCUT2D eigenvalue weighted by atomic mass is 32.2.